The number of hydrogen-bond donors (Lipinski definition) is 3. The summed E-state index contributed by atoms with van der Waals surface area (Å²) < 4.78 is 0. The van der Waals surface area contributed by atoms with Gasteiger partial charge in [-0.2, -0.15) is 0 Å². The summed E-state index contributed by atoms with van der Waals surface area (Å²) in [4.78, 5) is 51.4. The van der Waals surface area contributed by atoms with E-state index < -0.39 is 6.04 Å². The summed E-state index contributed by atoms with van der Waals surface area (Å²) in [5.74, 6) is -0.0570. The molecule has 47 heavy (non-hydrogen) atoms. The largest absolute Gasteiger partial charge is 0.397 e. The van der Waals surface area contributed by atoms with Crippen molar-refractivity contribution >= 4 is 52.3 Å². The predicted octanol–water partition coefficient (Wildman–Crippen LogP) is 4.19. The molecule has 6 heterocycles. The highest BCUT2D eigenvalue weighted by Gasteiger charge is 2.42. The van der Waals surface area contributed by atoms with Crippen molar-refractivity contribution in [3.63, 3.8) is 0 Å². The van der Waals surface area contributed by atoms with Crippen LogP contribution in [0.25, 0.3) is 0 Å². The highest BCUT2D eigenvalue weighted by molar-refractivity contribution is 7.08. The van der Waals surface area contributed by atoms with Crippen LogP contribution in [0.3, 0.4) is 0 Å². The third-order valence-electron chi connectivity index (χ3n) is 11.4. The molecule has 5 aliphatic rings. The molecule has 3 atom stereocenters. The maximum Gasteiger partial charge on any atom is 0.322 e. The van der Waals surface area contributed by atoms with E-state index >= 15 is 0 Å². The molecule has 4 saturated heterocycles. The first kappa shape index (κ1) is 32.5. The number of hydrogen-bond acceptors (Lipinski definition) is 7. The van der Waals surface area contributed by atoms with Gasteiger partial charge < -0.3 is 36.0 Å². The Morgan fingerprint density at radius 2 is 1.68 bits per heavy atom. The van der Waals surface area contributed by atoms with Crippen molar-refractivity contribution in [2.24, 2.45) is 0 Å². The van der Waals surface area contributed by atoms with Gasteiger partial charge in [-0.15, -0.1) is 11.3 Å². The molecule has 2 bridgehead atoms. The molecule has 13 heteroatoms. The van der Waals surface area contributed by atoms with Crippen LogP contribution in [-0.2, 0) is 17.8 Å². The summed E-state index contributed by atoms with van der Waals surface area (Å²) in [7, 11) is 2.27. The number of fused-ring (bicyclic) bond motifs is 3. The summed E-state index contributed by atoms with van der Waals surface area (Å²) in [6, 6.07) is 4.71. The highest BCUT2D eigenvalue weighted by atomic mass is 35.5. The molecule has 0 spiro atoms. The van der Waals surface area contributed by atoms with Crippen molar-refractivity contribution in [1.82, 2.24) is 29.8 Å². The van der Waals surface area contributed by atoms with Crippen LogP contribution in [0.5, 0.6) is 0 Å². The van der Waals surface area contributed by atoms with Gasteiger partial charge in [0.05, 0.1) is 22.9 Å². The Morgan fingerprint density at radius 3 is 2.36 bits per heavy atom. The number of carbonyl (C=O) groups excluding carboxylic acids is 3. The van der Waals surface area contributed by atoms with Crippen LogP contribution in [0, 0.1) is 6.92 Å². The minimum Gasteiger partial charge on any atom is -0.397 e. The minimum atomic E-state index is -0.727. The number of urea groups is 2. The number of rotatable bonds is 6. The van der Waals surface area contributed by atoms with E-state index in [-0.39, 0.29) is 24.0 Å². The molecular formula is C34H47ClN8O3S. The Labute approximate surface area is 286 Å². The Kier molecular flexibility index (Phi) is 9.30. The highest BCUT2D eigenvalue weighted by Crippen LogP contribution is 2.37. The number of halogens is 1. The van der Waals surface area contributed by atoms with E-state index in [4.69, 9.17) is 17.3 Å². The second kappa shape index (κ2) is 13.4. The van der Waals surface area contributed by atoms with Gasteiger partial charge in [0.15, 0.2) is 0 Å². The monoisotopic (exact) mass is 682 g/mol. The Morgan fingerprint density at radius 1 is 0.979 bits per heavy atom. The smallest absolute Gasteiger partial charge is 0.322 e. The summed E-state index contributed by atoms with van der Waals surface area (Å²) >= 11 is 8.02. The van der Waals surface area contributed by atoms with E-state index in [0.717, 1.165) is 35.5 Å². The number of piperazine rings is 1. The number of nitrogens with one attached hydrogen (secondary N) is 2. The third-order valence-corrected chi connectivity index (χ3v) is 12.5. The van der Waals surface area contributed by atoms with Gasteiger partial charge in [-0.05, 0) is 75.1 Å². The number of nitrogens with two attached hydrogens (primary N) is 1. The van der Waals surface area contributed by atoms with Gasteiger partial charge in [0, 0.05) is 80.8 Å². The molecule has 11 nitrogen and oxygen atoms in total. The Balaban J connectivity index is 0.988. The molecule has 5 aliphatic heterocycles. The maximum absolute atomic E-state index is 14.1. The molecule has 254 valence electrons. The van der Waals surface area contributed by atoms with E-state index in [9.17, 15) is 14.4 Å². The first-order valence-corrected chi connectivity index (χ1v) is 18.4. The van der Waals surface area contributed by atoms with Crippen LogP contribution in [0.4, 0.5) is 21.0 Å². The van der Waals surface area contributed by atoms with Crippen LogP contribution in [0.1, 0.15) is 55.2 Å². The summed E-state index contributed by atoms with van der Waals surface area (Å²) in [5, 5.41) is 10.6. The number of aryl methyl sites for hydroxylation is 1. The lowest BCUT2D eigenvalue weighted by atomic mass is 9.96. The predicted molar refractivity (Wildman–Crippen MR) is 186 cm³/mol. The van der Waals surface area contributed by atoms with Gasteiger partial charge >= 0.3 is 12.1 Å². The second-order valence-corrected chi connectivity index (χ2v) is 15.3. The second-order valence-electron chi connectivity index (χ2n) is 14.1. The van der Waals surface area contributed by atoms with Crippen molar-refractivity contribution in [2.75, 3.05) is 57.4 Å². The zero-order valence-electron chi connectivity index (χ0n) is 27.4. The summed E-state index contributed by atoms with van der Waals surface area (Å²) in [5.41, 5.74) is 10.4. The van der Waals surface area contributed by atoms with E-state index in [1.165, 1.54) is 25.7 Å². The summed E-state index contributed by atoms with van der Waals surface area (Å²) in [6.07, 6.45) is 6.73. The lowest BCUT2D eigenvalue weighted by Gasteiger charge is -2.45. The molecular weight excluding hydrogens is 636 g/mol. The molecule has 4 fully saturated rings. The van der Waals surface area contributed by atoms with E-state index in [1.807, 2.05) is 28.2 Å². The molecule has 2 aromatic rings. The van der Waals surface area contributed by atoms with Crippen LogP contribution in [0.2, 0.25) is 5.02 Å². The van der Waals surface area contributed by atoms with Gasteiger partial charge in [-0.1, -0.05) is 17.7 Å². The van der Waals surface area contributed by atoms with Gasteiger partial charge in [-0.3, -0.25) is 9.69 Å². The van der Waals surface area contributed by atoms with E-state index in [1.54, 1.807) is 22.3 Å². The number of amides is 5. The maximum atomic E-state index is 14.1. The molecule has 0 saturated carbocycles. The Bertz CT molecular complexity index is 1470. The molecule has 0 aliphatic carbocycles. The van der Waals surface area contributed by atoms with Gasteiger partial charge in [0.1, 0.15) is 6.04 Å². The standard InChI is InChI=1S/C34H47ClN8O3S/c1-21-13-22(14-28(35)31(21)36)15-29(32(44)41-11-9-40(10-12-41)27-16-25-3-4-26(17-27)39(25)2)37-33(45)42-7-5-24(6-8-42)43-18-23-19-47-20-30(23)38-34(43)46/h13-14,19-20,24-27,29H,3-12,15-18,36H2,1-2H3,(H,37,45)(H,38,46)/t25?,26?,27?,29-/m1/s1. The number of piperidine rings is 2. The average Bonchev–Trinajstić information content (AvgIpc) is 3.59. The van der Waals surface area contributed by atoms with Crippen LogP contribution in [-0.4, -0.2) is 119 Å². The number of carbonyl (C=O) groups is 3. The topological polar surface area (TPSA) is 117 Å². The molecule has 4 N–H and O–H groups in total. The van der Waals surface area contributed by atoms with Crippen molar-refractivity contribution in [3.05, 3.63) is 44.6 Å². The lowest BCUT2D eigenvalue weighted by Crippen LogP contribution is -2.60. The van der Waals surface area contributed by atoms with E-state index in [0.29, 0.717) is 80.8 Å². The fraction of sp³-hybridized carbons (Fsp3) is 0.618. The molecule has 0 radical (unpaired) electrons. The fourth-order valence-electron chi connectivity index (χ4n) is 8.50. The SMILES string of the molecule is Cc1cc(C[C@@H](NC(=O)N2CCC(N3Cc4cscc4NC3=O)CC2)C(=O)N2CCN(C3CC4CCC(C3)N4C)CC2)cc(Cl)c1N. The van der Waals surface area contributed by atoms with Crippen LogP contribution in [0.15, 0.2) is 22.9 Å². The number of anilines is 2. The zero-order chi connectivity index (χ0) is 32.8. The average molecular weight is 683 g/mol. The molecule has 7 rings (SSSR count). The van der Waals surface area contributed by atoms with Crippen LogP contribution >= 0.6 is 22.9 Å². The van der Waals surface area contributed by atoms with Gasteiger partial charge in [0.2, 0.25) is 5.91 Å². The van der Waals surface area contributed by atoms with Crippen molar-refractivity contribution in [2.45, 2.75) is 88.6 Å². The number of nitrogen functional groups attached to an aromatic ring is 1. The van der Waals surface area contributed by atoms with Crippen molar-refractivity contribution in [1.29, 1.82) is 0 Å². The number of likely N-dealkylation sites (tertiary alicyclic amines) is 1. The lowest BCUT2D eigenvalue weighted by molar-refractivity contribution is -0.135. The fourth-order valence-corrected chi connectivity index (χ4v) is 9.57. The number of nitrogens with zero attached hydrogens (tertiary/aromatic N) is 5. The Hall–Kier alpha value is -3.06. The molecule has 1 aromatic heterocycles. The number of benzene rings is 1. The molecule has 1 aromatic carbocycles. The van der Waals surface area contributed by atoms with Crippen LogP contribution < -0.4 is 16.4 Å². The quantitative estimate of drug-likeness (QED) is 0.394. The molecule has 5 amide bonds. The molecule has 2 unspecified atom stereocenters. The van der Waals surface area contributed by atoms with Crippen molar-refractivity contribution in [3.8, 4) is 0 Å². The first-order chi connectivity index (χ1) is 22.6. The zero-order valence-corrected chi connectivity index (χ0v) is 29.0. The van der Waals surface area contributed by atoms with Gasteiger partial charge in [-0.25, -0.2) is 9.59 Å². The first-order valence-electron chi connectivity index (χ1n) is 17.1. The summed E-state index contributed by atoms with van der Waals surface area (Å²) in [6.45, 7) is 6.56. The van der Waals surface area contributed by atoms with Gasteiger partial charge in [0.25, 0.3) is 0 Å². The van der Waals surface area contributed by atoms with Crippen molar-refractivity contribution < 1.29 is 14.4 Å². The number of thiophene rings is 1. The normalized spacial score (nSPS) is 26.2. The van der Waals surface area contributed by atoms with E-state index in [2.05, 4.69) is 32.9 Å². The third kappa shape index (κ3) is 6.66. The minimum absolute atomic E-state index is 0.0560.